The molecule has 2 rings (SSSR count). The van der Waals surface area contributed by atoms with Gasteiger partial charge in [-0.05, 0) is 30.7 Å². The number of hydrogen-bond acceptors (Lipinski definition) is 4. The van der Waals surface area contributed by atoms with Gasteiger partial charge in [-0.2, -0.15) is 5.06 Å². The highest BCUT2D eigenvalue weighted by molar-refractivity contribution is 7.12. The van der Waals surface area contributed by atoms with Gasteiger partial charge >= 0.3 is 6.03 Å². The predicted octanol–water partition coefficient (Wildman–Crippen LogP) is 3.04. The van der Waals surface area contributed by atoms with E-state index in [1.54, 1.807) is 37.4 Å². The van der Waals surface area contributed by atoms with Crippen LogP contribution in [-0.2, 0) is 6.42 Å². The van der Waals surface area contributed by atoms with E-state index >= 15 is 0 Å². The maximum atomic E-state index is 12.9. The molecule has 0 fully saturated rings. The maximum Gasteiger partial charge on any atom is 0.339 e. The van der Waals surface area contributed by atoms with Gasteiger partial charge in [0.25, 0.3) is 0 Å². The summed E-state index contributed by atoms with van der Waals surface area (Å²) in [6.45, 7) is 1.63. The molecule has 1 unspecified atom stereocenters. The van der Waals surface area contributed by atoms with Crippen molar-refractivity contribution in [3.05, 3.63) is 57.8 Å². The SMILES string of the molecule is CC(C=Cc1ncc(Cc2ccc(F)cc2)s1)N(O)C(N)=O. The molecule has 0 saturated carbocycles. The van der Waals surface area contributed by atoms with Crippen molar-refractivity contribution < 1.29 is 14.4 Å². The van der Waals surface area contributed by atoms with Crippen molar-refractivity contribution in [3.8, 4) is 0 Å². The van der Waals surface area contributed by atoms with Gasteiger partial charge in [-0.25, -0.2) is 14.2 Å². The molecule has 0 spiro atoms. The largest absolute Gasteiger partial charge is 0.350 e. The highest BCUT2D eigenvalue weighted by atomic mass is 32.1. The minimum absolute atomic E-state index is 0.256. The Morgan fingerprint density at radius 1 is 1.50 bits per heavy atom. The van der Waals surface area contributed by atoms with Crippen molar-refractivity contribution in [1.82, 2.24) is 10.0 Å². The van der Waals surface area contributed by atoms with Crippen LogP contribution in [0.25, 0.3) is 6.08 Å². The van der Waals surface area contributed by atoms with E-state index in [4.69, 9.17) is 5.73 Å². The van der Waals surface area contributed by atoms with Crippen LogP contribution >= 0.6 is 11.3 Å². The maximum absolute atomic E-state index is 12.9. The second kappa shape index (κ2) is 7.15. The van der Waals surface area contributed by atoms with Crippen molar-refractivity contribution in [2.45, 2.75) is 19.4 Å². The lowest BCUT2D eigenvalue weighted by Gasteiger charge is -2.16. The normalized spacial score (nSPS) is 12.5. The molecule has 0 radical (unpaired) electrons. The Labute approximate surface area is 131 Å². The minimum atomic E-state index is -0.909. The fourth-order valence-electron chi connectivity index (χ4n) is 1.79. The van der Waals surface area contributed by atoms with E-state index in [9.17, 15) is 14.4 Å². The lowest BCUT2D eigenvalue weighted by atomic mass is 10.1. The number of nitrogens with two attached hydrogens (primary N) is 1. The van der Waals surface area contributed by atoms with Gasteiger partial charge in [0, 0.05) is 17.5 Å². The molecule has 2 amide bonds. The lowest BCUT2D eigenvalue weighted by molar-refractivity contribution is -0.0560. The van der Waals surface area contributed by atoms with E-state index in [0.717, 1.165) is 15.4 Å². The molecule has 1 heterocycles. The minimum Gasteiger partial charge on any atom is -0.350 e. The molecule has 5 nitrogen and oxygen atoms in total. The fraction of sp³-hybridized carbons (Fsp3) is 0.200. The number of hydroxylamine groups is 2. The quantitative estimate of drug-likeness (QED) is 0.656. The Morgan fingerprint density at radius 3 is 2.82 bits per heavy atom. The van der Waals surface area contributed by atoms with Crippen LogP contribution < -0.4 is 5.73 Å². The molecule has 0 aliphatic rings. The molecule has 0 saturated heterocycles. The topological polar surface area (TPSA) is 79.4 Å². The first kappa shape index (κ1) is 16.1. The Bertz CT molecular complexity index is 670. The first-order valence-electron chi connectivity index (χ1n) is 6.60. The molecule has 2 aromatic rings. The van der Waals surface area contributed by atoms with E-state index in [2.05, 4.69) is 4.98 Å². The van der Waals surface area contributed by atoms with Crippen LogP contribution in [0.5, 0.6) is 0 Å². The van der Waals surface area contributed by atoms with Crippen LogP contribution in [0.15, 0.2) is 36.5 Å². The smallest absolute Gasteiger partial charge is 0.339 e. The second-order valence-corrected chi connectivity index (χ2v) is 5.90. The van der Waals surface area contributed by atoms with Gasteiger partial charge in [-0.3, -0.25) is 5.21 Å². The standard InChI is InChI=1S/C15H16FN3O2S/c1-10(19(21)15(17)20)2-7-14-18-9-13(22-14)8-11-3-5-12(16)6-4-11/h2-7,9-10,21H,8H2,1H3,(H2,17,20). The highest BCUT2D eigenvalue weighted by Gasteiger charge is 2.11. The third-order valence-electron chi connectivity index (χ3n) is 2.99. The molecule has 3 N–H and O–H groups in total. The first-order valence-corrected chi connectivity index (χ1v) is 7.42. The van der Waals surface area contributed by atoms with Crippen molar-refractivity contribution in [2.75, 3.05) is 0 Å². The molecule has 22 heavy (non-hydrogen) atoms. The number of aromatic nitrogens is 1. The first-order chi connectivity index (χ1) is 10.5. The molecular formula is C15H16FN3O2S. The second-order valence-electron chi connectivity index (χ2n) is 4.75. The molecule has 1 aromatic carbocycles. The van der Waals surface area contributed by atoms with E-state index in [1.165, 1.54) is 23.5 Å². The Balaban J connectivity index is 1.99. The van der Waals surface area contributed by atoms with Gasteiger partial charge in [0.05, 0.1) is 6.04 Å². The average Bonchev–Trinajstić information content (AvgIpc) is 2.94. The number of carbonyl (C=O) groups excluding carboxylic acids is 1. The number of urea groups is 1. The summed E-state index contributed by atoms with van der Waals surface area (Å²) in [5, 5.41) is 10.6. The number of amides is 2. The number of nitrogens with zero attached hydrogens (tertiary/aromatic N) is 2. The zero-order valence-electron chi connectivity index (χ0n) is 11.9. The number of halogens is 1. The Morgan fingerprint density at radius 2 is 2.18 bits per heavy atom. The van der Waals surface area contributed by atoms with Crippen molar-refractivity contribution in [2.24, 2.45) is 5.73 Å². The molecule has 7 heteroatoms. The molecule has 116 valence electrons. The summed E-state index contributed by atoms with van der Waals surface area (Å²) in [6.07, 6.45) is 5.78. The van der Waals surface area contributed by atoms with Crippen LogP contribution in [0.2, 0.25) is 0 Å². The van der Waals surface area contributed by atoms with Crippen LogP contribution in [0.3, 0.4) is 0 Å². The van der Waals surface area contributed by atoms with Gasteiger partial charge in [0.2, 0.25) is 0 Å². The van der Waals surface area contributed by atoms with Gasteiger partial charge in [-0.1, -0.05) is 18.2 Å². The zero-order valence-corrected chi connectivity index (χ0v) is 12.8. The van der Waals surface area contributed by atoms with Crippen LogP contribution in [0.4, 0.5) is 9.18 Å². The number of thiazole rings is 1. The van der Waals surface area contributed by atoms with Gasteiger partial charge < -0.3 is 5.73 Å². The molecular weight excluding hydrogens is 305 g/mol. The molecule has 1 aromatic heterocycles. The van der Waals surface area contributed by atoms with Crippen LogP contribution in [-0.4, -0.2) is 27.3 Å². The Kier molecular flexibility index (Phi) is 5.24. The average molecular weight is 321 g/mol. The Hall–Kier alpha value is -2.25. The van der Waals surface area contributed by atoms with E-state index in [1.807, 2.05) is 0 Å². The summed E-state index contributed by atoms with van der Waals surface area (Å²) < 4.78 is 12.9. The van der Waals surface area contributed by atoms with Crippen LogP contribution in [0, 0.1) is 5.82 Å². The predicted molar refractivity (Wildman–Crippen MR) is 83.0 cm³/mol. The molecule has 1 atom stereocenters. The van der Waals surface area contributed by atoms with E-state index < -0.39 is 12.1 Å². The summed E-state index contributed by atoms with van der Waals surface area (Å²) in [7, 11) is 0. The lowest BCUT2D eigenvalue weighted by Crippen LogP contribution is -2.38. The number of benzene rings is 1. The van der Waals surface area contributed by atoms with E-state index in [0.29, 0.717) is 11.5 Å². The number of carbonyl (C=O) groups is 1. The molecule has 0 aliphatic heterocycles. The van der Waals surface area contributed by atoms with Gasteiger partial charge in [0.15, 0.2) is 0 Å². The monoisotopic (exact) mass is 321 g/mol. The summed E-state index contributed by atoms with van der Waals surface area (Å²) in [4.78, 5) is 16.1. The summed E-state index contributed by atoms with van der Waals surface area (Å²) in [5.74, 6) is -0.256. The molecule has 0 aliphatic carbocycles. The van der Waals surface area contributed by atoms with E-state index in [-0.39, 0.29) is 5.82 Å². The highest BCUT2D eigenvalue weighted by Crippen LogP contribution is 2.19. The summed E-state index contributed by atoms with van der Waals surface area (Å²) >= 11 is 1.49. The summed E-state index contributed by atoms with van der Waals surface area (Å²) in [5.41, 5.74) is 5.97. The van der Waals surface area contributed by atoms with Crippen molar-refractivity contribution in [1.29, 1.82) is 0 Å². The van der Waals surface area contributed by atoms with Crippen molar-refractivity contribution >= 4 is 23.4 Å². The van der Waals surface area contributed by atoms with Crippen molar-refractivity contribution in [3.63, 3.8) is 0 Å². The molecule has 0 bridgehead atoms. The number of hydrogen-bond donors (Lipinski definition) is 2. The van der Waals surface area contributed by atoms with Gasteiger partial charge in [0.1, 0.15) is 10.8 Å². The van der Waals surface area contributed by atoms with Crippen LogP contribution in [0.1, 0.15) is 22.4 Å². The number of rotatable bonds is 5. The third-order valence-corrected chi connectivity index (χ3v) is 3.95. The number of primary amides is 1. The third kappa shape index (κ3) is 4.37. The van der Waals surface area contributed by atoms with Gasteiger partial charge in [-0.15, -0.1) is 11.3 Å². The fourth-order valence-corrected chi connectivity index (χ4v) is 2.65. The summed E-state index contributed by atoms with van der Waals surface area (Å²) in [6, 6.07) is 4.89. The zero-order chi connectivity index (χ0) is 16.1.